The first kappa shape index (κ1) is 19.8. The van der Waals surface area contributed by atoms with E-state index in [9.17, 15) is 9.59 Å². The number of hydrogen-bond acceptors (Lipinski definition) is 3. The maximum atomic E-state index is 13.5. The topological polar surface area (TPSA) is 65.6 Å². The van der Waals surface area contributed by atoms with E-state index < -0.39 is 6.04 Å². The number of hydrogen-bond donors (Lipinski definition) is 1. The van der Waals surface area contributed by atoms with Gasteiger partial charge in [0, 0.05) is 43.3 Å². The second kappa shape index (κ2) is 7.85. The van der Waals surface area contributed by atoms with Gasteiger partial charge in [0.25, 0.3) is 0 Å². The third-order valence-electron chi connectivity index (χ3n) is 6.48. The zero-order valence-electron chi connectivity index (χ0n) is 17.9. The SMILES string of the molecule is COCCCN1CC(=O)N2[C@H](c3cccc(C)c3)c3[nH]c4ccccc4c3C[C@H]2C1=O. The van der Waals surface area contributed by atoms with E-state index in [4.69, 9.17) is 4.74 Å². The molecule has 0 unspecified atom stereocenters. The highest BCUT2D eigenvalue weighted by molar-refractivity contribution is 5.97. The molecule has 31 heavy (non-hydrogen) atoms. The van der Waals surface area contributed by atoms with E-state index in [1.165, 1.54) is 0 Å². The minimum atomic E-state index is -0.485. The van der Waals surface area contributed by atoms with Gasteiger partial charge in [-0.3, -0.25) is 9.59 Å². The summed E-state index contributed by atoms with van der Waals surface area (Å²) >= 11 is 0. The summed E-state index contributed by atoms with van der Waals surface area (Å²) in [6.07, 6.45) is 1.26. The smallest absolute Gasteiger partial charge is 0.246 e. The summed E-state index contributed by atoms with van der Waals surface area (Å²) in [5.74, 6) is 0.0297. The largest absolute Gasteiger partial charge is 0.385 e. The number of aromatic amines is 1. The van der Waals surface area contributed by atoms with Gasteiger partial charge >= 0.3 is 0 Å². The second-order valence-electron chi connectivity index (χ2n) is 8.51. The Bertz CT molecular complexity index is 1150. The van der Waals surface area contributed by atoms with Gasteiger partial charge < -0.3 is 19.5 Å². The van der Waals surface area contributed by atoms with Crippen molar-refractivity contribution in [2.45, 2.75) is 31.8 Å². The number of carbonyl (C=O) groups excluding carboxylic acids is 2. The Morgan fingerprint density at radius 3 is 2.77 bits per heavy atom. The number of benzene rings is 2. The van der Waals surface area contributed by atoms with Crippen molar-refractivity contribution in [1.29, 1.82) is 0 Å². The lowest BCUT2D eigenvalue weighted by molar-refractivity contribution is -0.158. The Hall–Kier alpha value is -3.12. The monoisotopic (exact) mass is 417 g/mol. The Labute approximate surface area is 181 Å². The van der Waals surface area contributed by atoms with E-state index in [0.717, 1.165) is 39.7 Å². The van der Waals surface area contributed by atoms with Crippen LogP contribution in [0.25, 0.3) is 10.9 Å². The van der Waals surface area contributed by atoms with E-state index in [1.54, 1.807) is 12.0 Å². The van der Waals surface area contributed by atoms with Gasteiger partial charge in [-0.1, -0.05) is 48.0 Å². The highest BCUT2D eigenvalue weighted by Gasteiger charge is 2.48. The van der Waals surface area contributed by atoms with Crippen molar-refractivity contribution >= 4 is 22.7 Å². The molecular weight excluding hydrogens is 390 g/mol. The number of H-pyrrole nitrogens is 1. The van der Waals surface area contributed by atoms with Crippen LogP contribution in [0.1, 0.15) is 34.8 Å². The maximum absolute atomic E-state index is 13.5. The third kappa shape index (κ3) is 3.31. The lowest BCUT2D eigenvalue weighted by Crippen LogP contribution is -2.63. The molecule has 0 aliphatic carbocycles. The second-order valence-corrected chi connectivity index (χ2v) is 8.51. The normalized spacial score (nSPS) is 20.8. The minimum absolute atomic E-state index is 0.00201. The fourth-order valence-corrected chi connectivity index (χ4v) is 5.10. The number of aryl methyl sites for hydroxylation is 1. The lowest BCUT2D eigenvalue weighted by atomic mass is 9.86. The number of piperazine rings is 1. The summed E-state index contributed by atoms with van der Waals surface area (Å²) in [6, 6.07) is 15.6. The van der Waals surface area contributed by atoms with Gasteiger partial charge in [0.2, 0.25) is 11.8 Å². The molecule has 0 saturated carbocycles. The number of rotatable bonds is 5. The highest BCUT2D eigenvalue weighted by atomic mass is 16.5. The van der Waals surface area contributed by atoms with Crippen molar-refractivity contribution in [1.82, 2.24) is 14.8 Å². The van der Waals surface area contributed by atoms with Gasteiger partial charge in [-0.15, -0.1) is 0 Å². The van der Waals surface area contributed by atoms with Crippen LogP contribution in [-0.2, 0) is 20.7 Å². The minimum Gasteiger partial charge on any atom is -0.385 e. The van der Waals surface area contributed by atoms with Gasteiger partial charge in [-0.05, 0) is 30.5 Å². The van der Waals surface area contributed by atoms with E-state index in [1.807, 2.05) is 23.1 Å². The maximum Gasteiger partial charge on any atom is 0.246 e. The van der Waals surface area contributed by atoms with Crippen LogP contribution in [0.3, 0.4) is 0 Å². The van der Waals surface area contributed by atoms with Gasteiger partial charge in [0.1, 0.15) is 6.04 Å². The average molecular weight is 418 g/mol. The molecule has 2 amide bonds. The molecule has 1 saturated heterocycles. The van der Waals surface area contributed by atoms with E-state index in [0.29, 0.717) is 19.6 Å². The van der Waals surface area contributed by atoms with E-state index in [2.05, 4.69) is 42.2 Å². The van der Waals surface area contributed by atoms with Crippen molar-refractivity contribution in [2.24, 2.45) is 0 Å². The summed E-state index contributed by atoms with van der Waals surface area (Å²) in [4.78, 5) is 34.0. The fourth-order valence-electron chi connectivity index (χ4n) is 5.10. The number of methoxy groups -OCH3 is 1. The number of ether oxygens (including phenoxy) is 1. The molecule has 1 fully saturated rings. The quantitative estimate of drug-likeness (QED) is 0.649. The van der Waals surface area contributed by atoms with Gasteiger partial charge in [0.15, 0.2) is 0 Å². The predicted octanol–water partition coefficient (Wildman–Crippen LogP) is 3.20. The van der Waals surface area contributed by atoms with Gasteiger partial charge in [-0.25, -0.2) is 0 Å². The summed E-state index contributed by atoms with van der Waals surface area (Å²) in [5, 5.41) is 1.13. The van der Waals surface area contributed by atoms with Gasteiger partial charge in [-0.2, -0.15) is 0 Å². The van der Waals surface area contributed by atoms with Crippen molar-refractivity contribution < 1.29 is 14.3 Å². The number of carbonyl (C=O) groups is 2. The number of fused-ring (bicyclic) bond motifs is 4. The van der Waals surface area contributed by atoms with Crippen LogP contribution < -0.4 is 0 Å². The Balaban J connectivity index is 1.62. The molecular formula is C25H27N3O3. The summed E-state index contributed by atoms with van der Waals surface area (Å²) in [5.41, 5.74) is 5.38. The number of para-hydroxylation sites is 1. The molecule has 1 aromatic heterocycles. The fraction of sp³-hybridized carbons (Fsp3) is 0.360. The molecule has 160 valence electrons. The highest BCUT2D eigenvalue weighted by Crippen LogP contribution is 2.42. The van der Waals surface area contributed by atoms with Crippen molar-refractivity contribution in [3.63, 3.8) is 0 Å². The number of nitrogens with one attached hydrogen (secondary N) is 1. The molecule has 2 atom stereocenters. The lowest BCUT2D eigenvalue weighted by Gasteiger charge is -2.47. The summed E-state index contributed by atoms with van der Waals surface area (Å²) < 4.78 is 5.13. The molecule has 0 radical (unpaired) electrons. The molecule has 2 aliphatic heterocycles. The molecule has 6 heteroatoms. The number of amides is 2. The third-order valence-corrected chi connectivity index (χ3v) is 6.48. The Kier molecular flexibility index (Phi) is 5.02. The zero-order chi connectivity index (χ0) is 21.5. The zero-order valence-corrected chi connectivity index (χ0v) is 17.9. The first-order valence-electron chi connectivity index (χ1n) is 10.8. The summed E-state index contributed by atoms with van der Waals surface area (Å²) in [6.45, 7) is 3.29. The van der Waals surface area contributed by atoms with Crippen molar-refractivity contribution in [3.05, 3.63) is 70.9 Å². The first-order chi connectivity index (χ1) is 15.1. The van der Waals surface area contributed by atoms with Crippen molar-refractivity contribution in [3.8, 4) is 0 Å². The van der Waals surface area contributed by atoms with Crippen LogP contribution >= 0.6 is 0 Å². The predicted molar refractivity (Wildman–Crippen MR) is 119 cm³/mol. The molecule has 3 aromatic rings. The Morgan fingerprint density at radius 1 is 1.13 bits per heavy atom. The Morgan fingerprint density at radius 2 is 1.97 bits per heavy atom. The molecule has 2 aliphatic rings. The van der Waals surface area contributed by atoms with Crippen molar-refractivity contribution in [2.75, 3.05) is 26.8 Å². The molecule has 0 spiro atoms. The van der Waals surface area contributed by atoms with Crippen LogP contribution in [0, 0.1) is 6.92 Å². The molecule has 6 nitrogen and oxygen atoms in total. The van der Waals surface area contributed by atoms with Gasteiger partial charge in [0.05, 0.1) is 12.6 Å². The molecule has 3 heterocycles. The molecule has 1 N–H and O–H groups in total. The summed E-state index contributed by atoms with van der Waals surface area (Å²) in [7, 11) is 1.65. The van der Waals surface area contributed by atoms with Crippen LogP contribution in [0.15, 0.2) is 48.5 Å². The number of nitrogens with zero attached hydrogens (tertiary/aromatic N) is 2. The van der Waals surface area contributed by atoms with E-state index >= 15 is 0 Å². The first-order valence-corrected chi connectivity index (χ1v) is 10.8. The van der Waals surface area contributed by atoms with Crippen LogP contribution in [0.4, 0.5) is 0 Å². The molecule has 5 rings (SSSR count). The van der Waals surface area contributed by atoms with E-state index in [-0.39, 0.29) is 24.4 Å². The number of aromatic nitrogens is 1. The van der Waals surface area contributed by atoms with Crippen LogP contribution in [0.2, 0.25) is 0 Å². The average Bonchev–Trinajstić information content (AvgIpc) is 3.14. The molecule has 2 aromatic carbocycles. The van der Waals surface area contributed by atoms with Crippen LogP contribution in [-0.4, -0.2) is 59.4 Å². The standard InChI is InChI=1S/C25H27N3O3/c1-16-7-5-8-17(13-16)24-23-19(18-9-3-4-10-20(18)26-23)14-21-25(30)27(11-6-12-31-2)15-22(29)28(21)24/h3-5,7-10,13,21,24,26H,6,11-12,14-15H2,1-2H3/t21-,24+/m0/s1. The molecule has 0 bridgehead atoms. The van der Waals surface area contributed by atoms with Crippen LogP contribution in [0.5, 0.6) is 0 Å².